The van der Waals surface area contributed by atoms with Crippen molar-refractivity contribution < 1.29 is 22.1 Å². The molecule has 0 fully saturated rings. The van der Waals surface area contributed by atoms with Gasteiger partial charge >= 0.3 is 10.3 Å². The molecule has 0 atom stereocenters. The number of fused-ring (bicyclic) bond motifs is 1. The van der Waals surface area contributed by atoms with Gasteiger partial charge in [-0.05, 0) is 89.7 Å². The number of nitrogens with zero attached hydrogens (tertiary/aromatic N) is 1. The molecular weight excluding hydrogens is 564 g/mol. The van der Waals surface area contributed by atoms with Crippen LogP contribution in [-0.4, -0.2) is 14.3 Å². The van der Waals surface area contributed by atoms with Gasteiger partial charge in [0.1, 0.15) is 11.5 Å². The molecule has 0 spiro atoms. The Morgan fingerprint density at radius 1 is 1.03 bits per heavy atom. The summed E-state index contributed by atoms with van der Waals surface area (Å²) in [5.41, 5.74) is 0.751. The molecule has 1 amide bonds. The molecule has 0 aromatic heterocycles. The van der Waals surface area contributed by atoms with E-state index < -0.39 is 16.2 Å². The van der Waals surface area contributed by atoms with E-state index in [-0.39, 0.29) is 27.8 Å². The second-order valence-electron chi connectivity index (χ2n) is 6.38. The normalized spacial score (nSPS) is 14.8. The fourth-order valence-electron chi connectivity index (χ4n) is 2.93. The third-order valence-electron chi connectivity index (χ3n) is 4.26. The largest absolute Gasteiger partial charge is 0.456 e. The van der Waals surface area contributed by atoms with Crippen LogP contribution >= 0.6 is 45.8 Å². The molecule has 1 heterocycles. The van der Waals surface area contributed by atoms with Crippen LogP contribution in [0.4, 0.5) is 5.69 Å². The lowest BCUT2D eigenvalue weighted by molar-refractivity contribution is 0.0996. The molecule has 0 bridgehead atoms. The summed E-state index contributed by atoms with van der Waals surface area (Å²) in [5.74, 6) is 0.0973. The predicted octanol–water partition coefficient (Wildman–Crippen LogP) is 5.98. The maximum absolute atomic E-state index is 13.0. The smallest absolute Gasteiger partial charge is 0.417 e. The second kappa shape index (κ2) is 7.92. The Balaban J connectivity index is 1.71. The van der Waals surface area contributed by atoms with Crippen molar-refractivity contribution in [3.63, 3.8) is 0 Å². The van der Waals surface area contributed by atoms with Crippen LogP contribution in [0.1, 0.15) is 15.9 Å². The molecule has 1 aliphatic heterocycles. The summed E-state index contributed by atoms with van der Waals surface area (Å²) < 4.78 is 37.7. The molecule has 10 heteroatoms. The Morgan fingerprint density at radius 2 is 1.73 bits per heavy atom. The van der Waals surface area contributed by atoms with E-state index >= 15 is 0 Å². The number of halogens is 3. The molecular formula is C20H12Cl2INO5S. The van der Waals surface area contributed by atoms with Crippen molar-refractivity contribution >= 4 is 67.7 Å². The van der Waals surface area contributed by atoms with E-state index in [4.69, 9.17) is 32.1 Å². The van der Waals surface area contributed by atoms with Gasteiger partial charge in [0.2, 0.25) is 0 Å². The van der Waals surface area contributed by atoms with Gasteiger partial charge in [0.05, 0.1) is 16.3 Å². The molecule has 0 saturated carbocycles. The van der Waals surface area contributed by atoms with E-state index in [1.165, 1.54) is 18.2 Å². The minimum absolute atomic E-state index is 0.0328. The first-order chi connectivity index (χ1) is 14.2. The SMILES string of the molecule is Cc1cc(I)cc2c1OS(=O)(=O)N(c1ccc(Oc3ccc(Cl)cc3)c(Cl)c1)C2=O. The van der Waals surface area contributed by atoms with Crippen molar-refractivity contribution in [2.24, 2.45) is 0 Å². The maximum atomic E-state index is 13.0. The lowest BCUT2D eigenvalue weighted by Crippen LogP contribution is -2.43. The standard InChI is InChI=1S/C20H12Cl2INO5S/c1-11-8-13(23)9-16-19(11)29-30(26,27)24(20(16)25)14-4-7-18(17(22)10-14)28-15-5-2-12(21)3-6-15/h2-10H,1H3. The number of hydrogen-bond acceptors (Lipinski definition) is 5. The number of rotatable bonds is 3. The number of hydrogen-bond donors (Lipinski definition) is 0. The zero-order valence-corrected chi connectivity index (χ0v) is 19.7. The third-order valence-corrected chi connectivity index (χ3v) is 6.63. The van der Waals surface area contributed by atoms with Crippen molar-refractivity contribution in [3.05, 3.63) is 79.3 Å². The van der Waals surface area contributed by atoms with Crippen LogP contribution in [0.25, 0.3) is 0 Å². The van der Waals surface area contributed by atoms with E-state index in [9.17, 15) is 13.2 Å². The van der Waals surface area contributed by atoms with Crippen LogP contribution in [0.2, 0.25) is 10.0 Å². The molecule has 1 aliphatic rings. The van der Waals surface area contributed by atoms with Gasteiger partial charge in [-0.3, -0.25) is 4.79 Å². The Morgan fingerprint density at radius 3 is 2.40 bits per heavy atom. The van der Waals surface area contributed by atoms with Crippen molar-refractivity contribution in [1.29, 1.82) is 0 Å². The van der Waals surface area contributed by atoms with Crippen LogP contribution in [-0.2, 0) is 10.3 Å². The number of amides is 1. The molecule has 0 aliphatic carbocycles. The summed E-state index contributed by atoms with van der Waals surface area (Å²) in [7, 11) is -4.40. The first-order valence-corrected chi connectivity index (χ1v) is 11.7. The fourth-order valence-corrected chi connectivity index (χ4v) is 5.23. The van der Waals surface area contributed by atoms with Gasteiger partial charge in [-0.25, -0.2) is 0 Å². The third kappa shape index (κ3) is 3.96. The lowest BCUT2D eigenvalue weighted by atomic mass is 10.1. The van der Waals surface area contributed by atoms with Gasteiger partial charge in [0.25, 0.3) is 5.91 Å². The molecule has 3 aromatic rings. The van der Waals surface area contributed by atoms with E-state index in [1.54, 1.807) is 43.3 Å². The van der Waals surface area contributed by atoms with Gasteiger partial charge in [-0.15, -0.1) is 0 Å². The molecule has 30 heavy (non-hydrogen) atoms. The average Bonchev–Trinajstić information content (AvgIpc) is 2.66. The van der Waals surface area contributed by atoms with Crippen LogP contribution in [0.3, 0.4) is 0 Å². The molecule has 6 nitrogen and oxygen atoms in total. The number of carbonyl (C=O) groups excluding carboxylic acids is 1. The zero-order valence-electron chi connectivity index (χ0n) is 15.2. The lowest BCUT2D eigenvalue weighted by Gasteiger charge is -2.28. The summed E-state index contributed by atoms with van der Waals surface area (Å²) >= 11 is 14.2. The van der Waals surface area contributed by atoms with E-state index in [2.05, 4.69) is 22.6 Å². The summed E-state index contributed by atoms with van der Waals surface area (Å²) in [6.07, 6.45) is 0. The van der Waals surface area contributed by atoms with E-state index in [1.807, 2.05) is 0 Å². The Labute approximate surface area is 196 Å². The van der Waals surface area contributed by atoms with Crippen molar-refractivity contribution in [2.45, 2.75) is 6.92 Å². The summed E-state index contributed by atoms with van der Waals surface area (Å²) in [6.45, 7) is 1.68. The van der Waals surface area contributed by atoms with Gasteiger partial charge < -0.3 is 8.92 Å². The number of anilines is 1. The summed E-state index contributed by atoms with van der Waals surface area (Å²) in [5, 5.41) is 0.679. The van der Waals surface area contributed by atoms with E-state index in [0.29, 0.717) is 20.6 Å². The van der Waals surface area contributed by atoms with Gasteiger partial charge in [0.15, 0.2) is 5.75 Å². The molecule has 0 unspecified atom stereocenters. The average molecular weight is 576 g/mol. The number of carbonyl (C=O) groups is 1. The minimum Gasteiger partial charge on any atom is -0.456 e. The quantitative estimate of drug-likeness (QED) is 0.359. The Bertz CT molecular complexity index is 1280. The highest BCUT2D eigenvalue weighted by molar-refractivity contribution is 14.1. The van der Waals surface area contributed by atoms with Crippen LogP contribution < -0.4 is 13.2 Å². The fraction of sp³-hybridized carbons (Fsp3) is 0.0500. The molecule has 0 saturated heterocycles. The first kappa shape index (κ1) is 21.2. The van der Waals surface area contributed by atoms with Crippen LogP contribution in [0.5, 0.6) is 17.2 Å². The molecule has 154 valence electrons. The molecule has 3 aromatic carbocycles. The highest BCUT2D eigenvalue weighted by Gasteiger charge is 2.40. The minimum atomic E-state index is -4.40. The number of ether oxygens (including phenoxy) is 1. The Hall–Kier alpha value is -2.01. The molecule has 4 rings (SSSR count). The first-order valence-electron chi connectivity index (χ1n) is 8.48. The van der Waals surface area contributed by atoms with E-state index in [0.717, 1.165) is 3.57 Å². The maximum Gasteiger partial charge on any atom is 0.417 e. The number of benzene rings is 3. The predicted molar refractivity (Wildman–Crippen MR) is 123 cm³/mol. The Kier molecular flexibility index (Phi) is 5.60. The topological polar surface area (TPSA) is 72.9 Å². The highest BCUT2D eigenvalue weighted by atomic mass is 127. The summed E-state index contributed by atoms with van der Waals surface area (Å²) in [6, 6.07) is 14.2. The van der Waals surface area contributed by atoms with Crippen LogP contribution in [0, 0.1) is 10.5 Å². The molecule has 0 N–H and O–H groups in total. The van der Waals surface area contributed by atoms with Crippen molar-refractivity contribution in [3.8, 4) is 17.2 Å². The molecule has 0 radical (unpaired) electrons. The number of aryl methyl sites for hydroxylation is 1. The van der Waals surface area contributed by atoms with Gasteiger partial charge in [-0.2, -0.15) is 12.7 Å². The van der Waals surface area contributed by atoms with Crippen LogP contribution in [0.15, 0.2) is 54.6 Å². The zero-order chi connectivity index (χ0) is 21.6. The monoisotopic (exact) mass is 575 g/mol. The highest BCUT2D eigenvalue weighted by Crippen LogP contribution is 2.39. The van der Waals surface area contributed by atoms with Gasteiger partial charge in [0, 0.05) is 8.59 Å². The summed E-state index contributed by atoms with van der Waals surface area (Å²) in [4.78, 5) is 13.0. The van der Waals surface area contributed by atoms with Gasteiger partial charge in [-0.1, -0.05) is 23.2 Å². The van der Waals surface area contributed by atoms with Crippen molar-refractivity contribution in [1.82, 2.24) is 0 Å². The van der Waals surface area contributed by atoms with Crippen molar-refractivity contribution in [2.75, 3.05) is 4.31 Å². The second-order valence-corrected chi connectivity index (χ2v) is 9.86.